The summed E-state index contributed by atoms with van der Waals surface area (Å²) in [6.07, 6.45) is 0.249. The highest BCUT2D eigenvalue weighted by atomic mass is 16.6. The minimum atomic E-state index is -0.866. The number of nitrogens with two attached hydrogens (primary N) is 1. The van der Waals surface area contributed by atoms with Crippen LogP contribution >= 0.6 is 0 Å². The Morgan fingerprint density at radius 1 is 0.818 bits per heavy atom. The average Bonchev–Trinajstić information content (AvgIpc) is 3.06. The van der Waals surface area contributed by atoms with E-state index in [0.29, 0.717) is 48.4 Å². The second-order valence-electron chi connectivity index (χ2n) is 7.72. The molecule has 1 atom stereocenters. The molecule has 0 saturated carbocycles. The van der Waals surface area contributed by atoms with E-state index in [4.69, 9.17) is 15.2 Å². The van der Waals surface area contributed by atoms with Gasteiger partial charge in [0.15, 0.2) is 0 Å². The molecule has 4 rings (SSSR count). The molecule has 33 heavy (non-hydrogen) atoms. The van der Waals surface area contributed by atoms with Crippen LogP contribution in [0.3, 0.4) is 0 Å². The number of rotatable bonds is 9. The Hall–Kier alpha value is -4.13. The van der Waals surface area contributed by atoms with Gasteiger partial charge in [0.25, 0.3) is 11.8 Å². The summed E-state index contributed by atoms with van der Waals surface area (Å²) in [6, 6.07) is 23.5. The van der Waals surface area contributed by atoms with E-state index >= 15 is 0 Å². The first-order valence-electron chi connectivity index (χ1n) is 10.8. The highest BCUT2D eigenvalue weighted by molar-refractivity contribution is 6.21. The number of hydrogen-bond acceptors (Lipinski definition) is 5. The lowest BCUT2D eigenvalue weighted by Crippen LogP contribution is -2.30. The maximum Gasteiger partial charge on any atom is 0.405 e. The largest absolute Gasteiger partial charge is 0.457 e. The molecule has 1 aliphatic rings. The minimum absolute atomic E-state index is 0.272. The van der Waals surface area contributed by atoms with E-state index in [0.717, 1.165) is 5.56 Å². The van der Waals surface area contributed by atoms with Crippen LogP contribution in [0.2, 0.25) is 0 Å². The molecule has 0 aliphatic carbocycles. The van der Waals surface area contributed by atoms with Crippen LogP contribution in [0, 0.1) is 0 Å². The lowest BCUT2D eigenvalue weighted by atomic mass is 10.0. The molecular weight excluding hydrogens is 420 g/mol. The van der Waals surface area contributed by atoms with Gasteiger partial charge in [0, 0.05) is 6.54 Å². The molecule has 1 heterocycles. The summed E-state index contributed by atoms with van der Waals surface area (Å²) in [5.74, 6) is 0.767. The molecule has 0 aromatic heterocycles. The summed E-state index contributed by atoms with van der Waals surface area (Å²) in [7, 11) is 0. The van der Waals surface area contributed by atoms with E-state index in [-0.39, 0.29) is 11.8 Å². The van der Waals surface area contributed by atoms with Crippen LogP contribution in [0.25, 0.3) is 0 Å². The number of primary amides is 1. The van der Waals surface area contributed by atoms with Gasteiger partial charge >= 0.3 is 6.09 Å². The van der Waals surface area contributed by atoms with Crippen LogP contribution in [0.4, 0.5) is 4.79 Å². The Morgan fingerprint density at radius 2 is 1.45 bits per heavy atom. The van der Waals surface area contributed by atoms with Crippen molar-refractivity contribution in [3.05, 3.63) is 95.6 Å². The fourth-order valence-electron chi connectivity index (χ4n) is 3.88. The topological polar surface area (TPSA) is 98.9 Å². The second kappa shape index (κ2) is 9.99. The van der Waals surface area contributed by atoms with Gasteiger partial charge < -0.3 is 15.2 Å². The van der Waals surface area contributed by atoms with Gasteiger partial charge in [0.2, 0.25) is 0 Å². The first kappa shape index (κ1) is 22.1. The number of carbonyl (C=O) groups is 3. The number of imide groups is 1. The molecule has 2 N–H and O–H groups in total. The number of fused-ring (bicyclic) bond motifs is 1. The molecular formula is C26H24N2O5. The number of amides is 3. The number of carbonyl (C=O) groups excluding carboxylic acids is 3. The normalized spacial score (nSPS) is 13.5. The van der Waals surface area contributed by atoms with Crippen LogP contribution in [-0.4, -0.2) is 29.4 Å². The minimum Gasteiger partial charge on any atom is -0.457 e. The zero-order valence-electron chi connectivity index (χ0n) is 18.0. The maximum atomic E-state index is 12.5. The summed E-state index contributed by atoms with van der Waals surface area (Å²) >= 11 is 0. The Kier molecular flexibility index (Phi) is 6.69. The smallest absolute Gasteiger partial charge is 0.405 e. The van der Waals surface area contributed by atoms with E-state index in [1.54, 1.807) is 24.3 Å². The lowest BCUT2D eigenvalue weighted by molar-refractivity contribution is 0.0648. The standard InChI is InChI=1S/C26H24N2O5/c27-26(31)33-23(18-9-8-12-20(17-18)32-19-10-2-1-3-11-19)15-6-7-16-28-24(29)21-13-4-5-14-22(21)25(28)30/h1-5,8-14,17,23H,6-7,15-16H2,(H2,27,31)/t23-/m0/s1. The molecule has 7 nitrogen and oxygen atoms in total. The summed E-state index contributed by atoms with van der Waals surface area (Å²) in [5, 5.41) is 0. The van der Waals surface area contributed by atoms with E-state index in [2.05, 4.69) is 0 Å². The fourth-order valence-corrected chi connectivity index (χ4v) is 3.88. The molecule has 7 heteroatoms. The Balaban J connectivity index is 1.37. The molecule has 168 valence electrons. The zero-order chi connectivity index (χ0) is 23.2. The molecule has 0 spiro atoms. The van der Waals surface area contributed by atoms with Crippen molar-refractivity contribution in [2.24, 2.45) is 5.73 Å². The van der Waals surface area contributed by atoms with E-state index in [1.165, 1.54) is 4.90 Å². The molecule has 0 bridgehead atoms. The summed E-state index contributed by atoms with van der Waals surface area (Å²) in [6.45, 7) is 0.298. The van der Waals surface area contributed by atoms with Crippen molar-refractivity contribution in [3.8, 4) is 11.5 Å². The van der Waals surface area contributed by atoms with Crippen molar-refractivity contribution in [2.75, 3.05) is 6.54 Å². The molecule has 0 saturated heterocycles. The van der Waals surface area contributed by atoms with Crippen molar-refractivity contribution >= 4 is 17.9 Å². The second-order valence-corrected chi connectivity index (χ2v) is 7.72. The van der Waals surface area contributed by atoms with Gasteiger partial charge in [-0.2, -0.15) is 0 Å². The van der Waals surface area contributed by atoms with Crippen molar-refractivity contribution in [2.45, 2.75) is 25.4 Å². The number of para-hydroxylation sites is 1. The first-order valence-corrected chi connectivity index (χ1v) is 10.8. The quantitative estimate of drug-likeness (QED) is 0.366. The third-order valence-electron chi connectivity index (χ3n) is 5.44. The number of ether oxygens (including phenoxy) is 2. The predicted molar refractivity (Wildman–Crippen MR) is 122 cm³/mol. The average molecular weight is 444 g/mol. The van der Waals surface area contributed by atoms with E-state index in [1.807, 2.05) is 54.6 Å². The molecule has 3 aromatic carbocycles. The zero-order valence-corrected chi connectivity index (χ0v) is 18.0. The fraction of sp³-hybridized carbons (Fsp3) is 0.192. The third-order valence-corrected chi connectivity index (χ3v) is 5.44. The van der Waals surface area contributed by atoms with E-state index < -0.39 is 12.2 Å². The van der Waals surface area contributed by atoms with Crippen molar-refractivity contribution in [3.63, 3.8) is 0 Å². The SMILES string of the molecule is NC(=O)O[C@@H](CCCCN1C(=O)c2ccccc2C1=O)c1cccc(Oc2ccccc2)c1. The summed E-state index contributed by atoms with van der Waals surface area (Å²) < 4.78 is 11.2. The monoisotopic (exact) mass is 444 g/mol. The maximum absolute atomic E-state index is 12.5. The Morgan fingerprint density at radius 3 is 2.12 bits per heavy atom. The van der Waals surface area contributed by atoms with Crippen LogP contribution in [0.15, 0.2) is 78.9 Å². The highest BCUT2D eigenvalue weighted by Gasteiger charge is 2.34. The summed E-state index contributed by atoms with van der Waals surface area (Å²) in [4.78, 5) is 37.7. The van der Waals surface area contributed by atoms with Gasteiger partial charge in [0.05, 0.1) is 11.1 Å². The molecule has 3 amide bonds. The molecule has 0 radical (unpaired) electrons. The molecule has 0 unspecified atom stereocenters. The van der Waals surface area contributed by atoms with Gasteiger partial charge in [-0.1, -0.05) is 42.5 Å². The molecule has 0 fully saturated rings. The number of benzene rings is 3. The summed E-state index contributed by atoms with van der Waals surface area (Å²) in [5.41, 5.74) is 6.92. The van der Waals surface area contributed by atoms with Gasteiger partial charge in [-0.25, -0.2) is 4.79 Å². The van der Waals surface area contributed by atoms with Crippen molar-refractivity contribution < 1.29 is 23.9 Å². The van der Waals surface area contributed by atoms with Crippen molar-refractivity contribution in [1.82, 2.24) is 4.90 Å². The molecule has 1 aliphatic heterocycles. The van der Waals surface area contributed by atoms with Crippen LogP contribution in [-0.2, 0) is 4.74 Å². The van der Waals surface area contributed by atoms with Crippen LogP contribution in [0.5, 0.6) is 11.5 Å². The van der Waals surface area contributed by atoms with E-state index in [9.17, 15) is 14.4 Å². The number of hydrogen-bond donors (Lipinski definition) is 1. The lowest BCUT2D eigenvalue weighted by Gasteiger charge is -2.19. The van der Waals surface area contributed by atoms with Crippen molar-refractivity contribution in [1.29, 1.82) is 0 Å². The number of unbranched alkanes of at least 4 members (excludes halogenated alkanes) is 1. The van der Waals surface area contributed by atoms with Gasteiger partial charge in [-0.05, 0) is 61.2 Å². The molecule has 3 aromatic rings. The Labute approximate surface area is 191 Å². The third kappa shape index (κ3) is 5.20. The highest BCUT2D eigenvalue weighted by Crippen LogP contribution is 2.29. The van der Waals surface area contributed by atoms with Gasteiger partial charge in [0.1, 0.15) is 17.6 Å². The van der Waals surface area contributed by atoms with Crippen LogP contribution < -0.4 is 10.5 Å². The predicted octanol–water partition coefficient (Wildman–Crippen LogP) is 5.08. The van der Waals surface area contributed by atoms with Gasteiger partial charge in [-0.15, -0.1) is 0 Å². The Bertz CT molecular complexity index is 1130. The number of nitrogens with zero attached hydrogens (tertiary/aromatic N) is 1. The van der Waals surface area contributed by atoms with Gasteiger partial charge in [-0.3, -0.25) is 14.5 Å². The first-order chi connectivity index (χ1) is 16.0. The van der Waals surface area contributed by atoms with Crippen LogP contribution in [0.1, 0.15) is 51.6 Å².